The number of benzene rings is 1. The molecule has 106 valence electrons. The van der Waals surface area contributed by atoms with Gasteiger partial charge in [0.2, 0.25) is 0 Å². The summed E-state index contributed by atoms with van der Waals surface area (Å²) >= 11 is 0. The molecule has 0 aromatic heterocycles. The smallest absolute Gasteiger partial charge is 0.368 e. The zero-order chi connectivity index (χ0) is 14.2. The van der Waals surface area contributed by atoms with Crippen LogP contribution in [0.4, 0.5) is 18.9 Å². The van der Waals surface area contributed by atoms with Crippen molar-refractivity contribution in [3.63, 3.8) is 0 Å². The Hall–Kier alpha value is -1.23. The highest BCUT2D eigenvalue weighted by molar-refractivity contribution is 5.56. The lowest BCUT2D eigenvalue weighted by Gasteiger charge is -2.43. The fraction of sp³-hybridized carbons (Fsp3) is 0.571. The maximum absolute atomic E-state index is 13.1. The molecule has 1 heterocycles. The number of nitrogens with two attached hydrogens (primary N) is 1. The molecule has 1 saturated heterocycles. The first-order valence-electron chi connectivity index (χ1n) is 6.51. The van der Waals surface area contributed by atoms with Gasteiger partial charge in [-0.05, 0) is 31.4 Å². The first-order chi connectivity index (χ1) is 8.82. The molecule has 0 spiro atoms. The van der Waals surface area contributed by atoms with Crippen LogP contribution in [0, 0.1) is 5.92 Å². The summed E-state index contributed by atoms with van der Waals surface area (Å²) in [5.41, 5.74) is 5.68. The van der Waals surface area contributed by atoms with Gasteiger partial charge in [-0.1, -0.05) is 19.1 Å². The van der Waals surface area contributed by atoms with Gasteiger partial charge in [-0.2, -0.15) is 13.2 Å². The van der Waals surface area contributed by atoms with Crippen molar-refractivity contribution < 1.29 is 13.2 Å². The minimum Gasteiger partial charge on any atom is -0.368 e. The Morgan fingerprint density at radius 1 is 1.21 bits per heavy atom. The largest absolute Gasteiger partial charge is 0.418 e. The minimum absolute atomic E-state index is 0.00671. The van der Waals surface area contributed by atoms with Crippen molar-refractivity contribution in [2.24, 2.45) is 11.7 Å². The first-order valence-corrected chi connectivity index (χ1v) is 6.51. The van der Waals surface area contributed by atoms with E-state index in [1.807, 2.05) is 18.7 Å². The van der Waals surface area contributed by atoms with Crippen molar-refractivity contribution in [2.75, 3.05) is 11.4 Å². The summed E-state index contributed by atoms with van der Waals surface area (Å²) in [6.07, 6.45) is -3.60. The molecule has 1 fully saturated rings. The first kappa shape index (κ1) is 14.2. The molecule has 1 aromatic carbocycles. The van der Waals surface area contributed by atoms with Gasteiger partial charge in [0.15, 0.2) is 0 Å². The molecule has 5 heteroatoms. The second-order valence-electron chi connectivity index (χ2n) is 5.26. The Labute approximate surface area is 111 Å². The van der Waals surface area contributed by atoms with E-state index in [1.54, 1.807) is 12.1 Å². The standard InChI is InChI=1S/C14H19F3N2/c1-9-10(2)19(8-7-12(9)18)13-6-4-3-5-11(13)14(15,16)17/h3-6,9-10,12H,7-8,18H2,1-2H3. The number of halogens is 3. The Morgan fingerprint density at radius 2 is 1.84 bits per heavy atom. The lowest BCUT2D eigenvalue weighted by atomic mass is 9.87. The van der Waals surface area contributed by atoms with Crippen molar-refractivity contribution in [3.8, 4) is 0 Å². The van der Waals surface area contributed by atoms with Crippen LogP contribution in [0.2, 0.25) is 0 Å². The fourth-order valence-corrected chi connectivity index (χ4v) is 2.70. The normalized spacial score (nSPS) is 28.5. The van der Waals surface area contributed by atoms with Crippen LogP contribution in [-0.2, 0) is 6.18 Å². The number of piperidine rings is 1. The highest BCUT2D eigenvalue weighted by atomic mass is 19.4. The maximum atomic E-state index is 13.1. The molecule has 2 nitrogen and oxygen atoms in total. The van der Waals surface area contributed by atoms with Crippen molar-refractivity contribution in [1.29, 1.82) is 0 Å². The van der Waals surface area contributed by atoms with Crippen LogP contribution in [0.15, 0.2) is 24.3 Å². The van der Waals surface area contributed by atoms with Gasteiger partial charge in [-0.3, -0.25) is 0 Å². The molecule has 0 saturated carbocycles. The molecule has 2 rings (SSSR count). The van der Waals surface area contributed by atoms with Crippen LogP contribution < -0.4 is 10.6 Å². The van der Waals surface area contributed by atoms with E-state index in [-0.39, 0.29) is 23.7 Å². The lowest BCUT2D eigenvalue weighted by Crippen LogP contribution is -2.52. The molecule has 0 bridgehead atoms. The molecular formula is C14H19F3N2. The topological polar surface area (TPSA) is 29.3 Å². The van der Waals surface area contributed by atoms with Crippen LogP contribution in [0.5, 0.6) is 0 Å². The summed E-state index contributed by atoms with van der Waals surface area (Å²) in [4.78, 5) is 1.83. The van der Waals surface area contributed by atoms with E-state index < -0.39 is 11.7 Å². The molecule has 3 atom stereocenters. The summed E-state index contributed by atoms with van der Waals surface area (Å²) in [6, 6.07) is 5.83. The Morgan fingerprint density at radius 3 is 2.47 bits per heavy atom. The number of hydrogen-bond donors (Lipinski definition) is 1. The number of hydrogen-bond acceptors (Lipinski definition) is 2. The summed E-state index contributed by atoms with van der Waals surface area (Å²) in [5, 5.41) is 0. The number of para-hydroxylation sites is 1. The molecule has 1 aromatic rings. The third kappa shape index (κ3) is 2.71. The molecule has 1 aliphatic heterocycles. The predicted molar refractivity (Wildman–Crippen MR) is 70.0 cm³/mol. The maximum Gasteiger partial charge on any atom is 0.418 e. The average Bonchev–Trinajstić information content (AvgIpc) is 2.35. The van der Waals surface area contributed by atoms with Crippen molar-refractivity contribution in [3.05, 3.63) is 29.8 Å². The third-order valence-corrected chi connectivity index (χ3v) is 4.15. The third-order valence-electron chi connectivity index (χ3n) is 4.15. The van der Waals surface area contributed by atoms with Gasteiger partial charge in [0.1, 0.15) is 0 Å². The van der Waals surface area contributed by atoms with Crippen LogP contribution in [-0.4, -0.2) is 18.6 Å². The van der Waals surface area contributed by atoms with E-state index in [1.165, 1.54) is 6.07 Å². The lowest BCUT2D eigenvalue weighted by molar-refractivity contribution is -0.137. The van der Waals surface area contributed by atoms with E-state index in [2.05, 4.69) is 0 Å². The van der Waals surface area contributed by atoms with Gasteiger partial charge in [0.05, 0.1) is 5.56 Å². The Bertz CT molecular complexity index is 445. The Kier molecular flexibility index (Phi) is 3.76. The monoisotopic (exact) mass is 272 g/mol. The van der Waals surface area contributed by atoms with E-state index in [0.717, 1.165) is 12.5 Å². The van der Waals surface area contributed by atoms with Gasteiger partial charge in [-0.25, -0.2) is 0 Å². The van der Waals surface area contributed by atoms with Crippen LogP contribution in [0.25, 0.3) is 0 Å². The number of anilines is 1. The summed E-state index contributed by atoms with van der Waals surface area (Å²) in [7, 11) is 0. The quantitative estimate of drug-likeness (QED) is 0.850. The Balaban J connectivity index is 2.37. The van der Waals surface area contributed by atoms with Gasteiger partial charge in [-0.15, -0.1) is 0 Å². The van der Waals surface area contributed by atoms with Crippen LogP contribution >= 0.6 is 0 Å². The van der Waals surface area contributed by atoms with Crippen molar-refractivity contribution in [2.45, 2.75) is 38.5 Å². The highest BCUT2D eigenvalue weighted by Crippen LogP contribution is 2.39. The van der Waals surface area contributed by atoms with E-state index >= 15 is 0 Å². The summed E-state index contributed by atoms with van der Waals surface area (Å²) in [5.74, 6) is 0.176. The number of nitrogens with zero attached hydrogens (tertiary/aromatic N) is 1. The van der Waals surface area contributed by atoms with Crippen molar-refractivity contribution in [1.82, 2.24) is 0 Å². The molecular weight excluding hydrogens is 253 g/mol. The number of rotatable bonds is 1. The second-order valence-corrected chi connectivity index (χ2v) is 5.26. The second kappa shape index (κ2) is 5.04. The van der Waals surface area contributed by atoms with Crippen LogP contribution in [0.3, 0.4) is 0 Å². The molecule has 19 heavy (non-hydrogen) atoms. The van der Waals surface area contributed by atoms with Gasteiger partial charge < -0.3 is 10.6 Å². The molecule has 0 amide bonds. The SMILES string of the molecule is CC1C(N)CCN(c2ccccc2C(F)(F)F)C1C. The average molecular weight is 272 g/mol. The fourth-order valence-electron chi connectivity index (χ4n) is 2.70. The van der Waals surface area contributed by atoms with E-state index in [0.29, 0.717) is 6.54 Å². The predicted octanol–water partition coefficient (Wildman–Crippen LogP) is 3.27. The van der Waals surface area contributed by atoms with Gasteiger partial charge in [0.25, 0.3) is 0 Å². The zero-order valence-electron chi connectivity index (χ0n) is 11.1. The van der Waals surface area contributed by atoms with Gasteiger partial charge >= 0.3 is 6.18 Å². The van der Waals surface area contributed by atoms with E-state index in [4.69, 9.17) is 5.73 Å². The minimum atomic E-state index is -4.32. The summed E-state index contributed by atoms with van der Waals surface area (Å²) in [6.45, 7) is 4.51. The molecule has 0 aliphatic carbocycles. The molecule has 1 aliphatic rings. The summed E-state index contributed by atoms with van der Waals surface area (Å²) < 4.78 is 39.2. The molecule has 2 N–H and O–H groups in total. The van der Waals surface area contributed by atoms with E-state index in [9.17, 15) is 13.2 Å². The highest BCUT2D eigenvalue weighted by Gasteiger charge is 2.38. The van der Waals surface area contributed by atoms with Crippen LogP contribution in [0.1, 0.15) is 25.8 Å². The van der Waals surface area contributed by atoms with Gasteiger partial charge in [0, 0.05) is 24.3 Å². The van der Waals surface area contributed by atoms with Crippen molar-refractivity contribution >= 4 is 5.69 Å². The molecule has 3 unspecified atom stereocenters. The number of alkyl halides is 3. The molecule has 0 radical (unpaired) electrons. The zero-order valence-corrected chi connectivity index (χ0v) is 11.1.